The zero-order valence-corrected chi connectivity index (χ0v) is 15.4. The lowest BCUT2D eigenvalue weighted by Gasteiger charge is -2.28. The van der Waals surface area contributed by atoms with Gasteiger partial charge in [-0.2, -0.15) is 0 Å². The molecular weight excluding hydrogens is 308 g/mol. The van der Waals surface area contributed by atoms with E-state index in [0.717, 1.165) is 6.42 Å². The van der Waals surface area contributed by atoms with Crippen molar-refractivity contribution in [2.75, 3.05) is 0 Å². The molecule has 0 saturated carbocycles. The third kappa shape index (κ3) is 9.75. The van der Waals surface area contributed by atoms with Crippen LogP contribution in [0.4, 0.5) is 0 Å². The van der Waals surface area contributed by atoms with Gasteiger partial charge in [0.05, 0.1) is 6.04 Å². The molecule has 0 aliphatic carbocycles. The van der Waals surface area contributed by atoms with E-state index < -0.39 is 29.6 Å². The molecule has 1 N–H and O–H groups in total. The fourth-order valence-electron chi connectivity index (χ4n) is 1.93. The van der Waals surface area contributed by atoms with Gasteiger partial charge in [0, 0.05) is 22.8 Å². The minimum Gasteiger partial charge on any atom is -0.442 e. The van der Waals surface area contributed by atoms with E-state index in [1.165, 1.54) is 0 Å². The maximum Gasteiger partial charge on any atom is 0.385 e. The molecule has 0 aliphatic rings. The van der Waals surface area contributed by atoms with E-state index in [2.05, 4.69) is 27.2 Å². The SMILES string of the molecule is CCCC#CC(=O)OC(C(=O)NC(C)(C)C)C(CC(C)C)N=[N+]=[N-]. The topological polar surface area (TPSA) is 104 Å². The highest BCUT2D eigenvalue weighted by Gasteiger charge is 2.33. The molecule has 0 spiro atoms. The molecule has 0 saturated heterocycles. The van der Waals surface area contributed by atoms with Crippen molar-refractivity contribution >= 4 is 11.9 Å². The van der Waals surface area contributed by atoms with Crippen molar-refractivity contribution in [1.82, 2.24) is 5.32 Å². The van der Waals surface area contributed by atoms with Crippen molar-refractivity contribution in [2.24, 2.45) is 11.0 Å². The van der Waals surface area contributed by atoms with Crippen LogP contribution in [0.2, 0.25) is 0 Å². The third-order valence-electron chi connectivity index (χ3n) is 2.82. The summed E-state index contributed by atoms with van der Waals surface area (Å²) in [6, 6.07) is -0.783. The number of nitrogens with zero attached hydrogens (tertiary/aromatic N) is 3. The lowest BCUT2D eigenvalue weighted by molar-refractivity contribution is -0.152. The Kier molecular flexibility index (Phi) is 9.60. The summed E-state index contributed by atoms with van der Waals surface area (Å²) in [5.41, 5.74) is 8.27. The highest BCUT2D eigenvalue weighted by molar-refractivity contribution is 5.92. The normalized spacial score (nSPS) is 13.1. The third-order valence-corrected chi connectivity index (χ3v) is 2.82. The predicted octanol–water partition coefficient (Wildman–Crippen LogP) is 3.34. The Labute approximate surface area is 144 Å². The van der Waals surface area contributed by atoms with Crippen molar-refractivity contribution < 1.29 is 14.3 Å². The first-order valence-corrected chi connectivity index (χ1v) is 8.16. The van der Waals surface area contributed by atoms with Gasteiger partial charge in [-0.15, -0.1) is 0 Å². The van der Waals surface area contributed by atoms with E-state index in [4.69, 9.17) is 10.3 Å². The Hall–Kier alpha value is -2.19. The largest absolute Gasteiger partial charge is 0.442 e. The Morgan fingerprint density at radius 2 is 1.96 bits per heavy atom. The molecule has 24 heavy (non-hydrogen) atoms. The number of esters is 1. The number of amides is 1. The highest BCUT2D eigenvalue weighted by atomic mass is 16.5. The number of azide groups is 1. The molecule has 7 heteroatoms. The van der Waals surface area contributed by atoms with Crippen LogP contribution in [0.15, 0.2) is 5.11 Å². The number of carbonyl (C=O) groups is 2. The lowest BCUT2D eigenvalue weighted by Crippen LogP contribution is -2.51. The van der Waals surface area contributed by atoms with Gasteiger partial charge in [0.15, 0.2) is 6.10 Å². The Morgan fingerprint density at radius 3 is 2.42 bits per heavy atom. The van der Waals surface area contributed by atoms with Gasteiger partial charge in [0.1, 0.15) is 0 Å². The monoisotopic (exact) mass is 336 g/mol. The van der Waals surface area contributed by atoms with Crippen LogP contribution in [0.1, 0.15) is 60.8 Å². The van der Waals surface area contributed by atoms with Crippen LogP contribution >= 0.6 is 0 Å². The van der Waals surface area contributed by atoms with Crippen LogP contribution in [0.5, 0.6) is 0 Å². The second-order valence-electron chi connectivity index (χ2n) is 7.02. The molecule has 0 fully saturated rings. The number of hydrogen-bond donors (Lipinski definition) is 1. The number of ether oxygens (including phenoxy) is 1. The molecule has 7 nitrogen and oxygen atoms in total. The number of carbonyl (C=O) groups excluding carboxylic acids is 2. The molecule has 0 aromatic rings. The second-order valence-corrected chi connectivity index (χ2v) is 7.02. The van der Waals surface area contributed by atoms with Crippen molar-refractivity contribution in [3.05, 3.63) is 10.4 Å². The minimum atomic E-state index is -1.20. The van der Waals surface area contributed by atoms with Crippen LogP contribution in [0, 0.1) is 17.8 Å². The number of hydrogen-bond acceptors (Lipinski definition) is 4. The summed E-state index contributed by atoms with van der Waals surface area (Å²) < 4.78 is 5.23. The molecule has 0 heterocycles. The van der Waals surface area contributed by atoms with Gasteiger partial charge < -0.3 is 10.1 Å². The number of nitrogens with one attached hydrogen (secondary N) is 1. The molecule has 0 radical (unpaired) electrons. The molecule has 134 valence electrons. The van der Waals surface area contributed by atoms with Gasteiger partial charge in [-0.1, -0.05) is 31.8 Å². The van der Waals surface area contributed by atoms with E-state index in [0.29, 0.717) is 12.8 Å². The Balaban J connectivity index is 5.40. The zero-order valence-electron chi connectivity index (χ0n) is 15.4. The molecule has 0 aromatic heterocycles. The van der Waals surface area contributed by atoms with E-state index in [9.17, 15) is 9.59 Å². The molecule has 0 aromatic carbocycles. The summed E-state index contributed by atoms with van der Waals surface area (Å²) in [6.45, 7) is 11.3. The summed E-state index contributed by atoms with van der Waals surface area (Å²) in [7, 11) is 0. The average molecular weight is 336 g/mol. The van der Waals surface area contributed by atoms with Crippen LogP contribution in [0.3, 0.4) is 0 Å². The minimum absolute atomic E-state index is 0.162. The average Bonchev–Trinajstić information content (AvgIpc) is 2.42. The van der Waals surface area contributed by atoms with E-state index in [1.807, 2.05) is 41.5 Å². The van der Waals surface area contributed by atoms with E-state index >= 15 is 0 Å². The molecule has 0 rings (SSSR count). The second kappa shape index (κ2) is 10.6. The van der Waals surface area contributed by atoms with Crippen molar-refractivity contribution in [1.29, 1.82) is 0 Å². The lowest BCUT2D eigenvalue weighted by atomic mass is 9.98. The van der Waals surface area contributed by atoms with Gasteiger partial charge in [0.2, 0.25) is 0 Å². The summed E-state index contributed by atoms with van der Waals surface area (Å²) in [5, 5.41) is 6.42. The van der Waals surface area contributed by atoms with Gasteiger partial charge in [-0.3, -0.25) is 4.79 Å². The van der Waals surface area contributed by atoms with Crippen molar-refractivity contribution in [3.8, 4) is 11.8 Å². The summed E-state index contributed by atoms with van der Waals surface area (Å²) in [4.78, 5) is 27.2. The fraction of sp³-hybridized carbons (Fsp3) is 0.765. The van der Waals surface area contributed by atoms with Gasteiger partial charge in [-0.25, -0.2) is 4.79 Å². The highest BCUT2D eigenvalue weighted by Crippen LogP contribution is 2.17. The summed E-state index contributed by atoms with van der Waals surface area (Å²) in [5.74, 6) is 3.91. The summed E-state index contributed by atoms with van der Waals surface area (Å²) in [6.07, 6.45) is 0.607. The Bertz CT molecular complexity index is 534. The van der Waals surface area contributed by atoms with Gasteiger partial charge in [-0.05, 0) is 45.1 Å². The van der Waals surface area contributed by atoms with Crippen LogP contribution in [-0.4, -0.2) is 29.6 Å². The Morgan fingerprint density at radius 1 is 1.33 bits per heavy atom. The van der Waals surface area contributed by atoms with Crippen LogP contribution < -0.4 is 5.32 Å². The molecule has 1 amide bonds. The van der Waals surface area contributed by atoms with E-state index in [-0.39, 0.29) is 5.92 Å². The molecular formula is C17H28N4O3. The fourth-order valence-corrected chi connectivity index (χ4v) is 1.93. The number of rotatable bonds is 7. The number of unbranched alkanes of at least 4 members (excludes halogenated alkanes) is 1. The maximum absolute atomic E-state index is 12.5. The predicted molar refractivity (Wildman–Crippen MR) is 92.8 cm³/mol. The van der Waals surface area contributed by atoms with E-state index in [1.54, 1.807) is 0 Å². The molecule has 2 unspecified atom stereocenters. The standard InChI is InChI=1S/C17H28N4O3/c1-7-8-9-10-14(22)24-15(16(23)19-17(4,5)6)13(20-21-18)11-12(2)3/h12-13,15H,7-8,11H2,1-6H3,(H,19,23). The van der Waals surface area contributed by atoms with Gasteiger partial charge >= 0.3 is 5.97 Å². The van der Waals surface area contributed by atoms with Crippen molar-refractivity contribution in [3.63, 3.8) is 0 Å². The van der Waals surface area contributed by atoms with Crippen LogP contribution in [-0.2, 0) is 14.3 Å². The zero-order chi connectivity index (χ0) is 18.8. The van der Waals surface area contributed by atoms with Crippen molar-refractivity contribution in [2.45, 2.75) is 78.5 Å². The quantitative estimate of drug-likeness (QED) is 0.192. The molecule has 0 bridgehead atoms. The maximum atomic E-state index is 12.5. The first kappa shape index (κ1) is 21.8. The smallest absolute Gasteiger partial charge is 0.385 e. The molecule has 0 aliphatic heterocycles. The van der Waals surface area contributed by atoms with Gasteiger partial charge in [0.25, 0.3) is 5.91 Å². The first-order valence-electron chi connectivity index (χ1n) is 8.16. The first-order chi connectivity index (χ1) is 11.1. The molecule has 2 atom stereocenters. The van der Waals surface area contributed by atoms with Crippen LogP contribution in [0.25, 0.3) is 10.4 Å². The summed E-state index contributed by atoms with van der Waals surface area (Å²) >= 11 is 0.